The number of hydrogen-bond acceptors (Lipinski definition) is 4. The van der Waals surface area contributed by atoms with Crippen molar-refractivity contribution in [2.45, 2.75) is 13.3 Å². The van der Waals surface area contributed by atoms with Gasteiger partial charge in [-0.15, -0.1) is 4.91 Å². The number of hydrogen-bond donors (Lipinski definition) is 1. The van der Waals surface area contributed by atoms with E-state index in [4.69, 9.17) is 4.74 Å². The van der Waals surface area contributed by atoms with Gasteiger partial charge in [-0.2, -0.15) is 0 Å². The van der Waals surface area contributed by atoms with Crippen molar-refractivity contribution in [3.8, 4) is 5.75 Å². The average Bonchev–Trinajstić information content (AvgIpc) is 2.85. The van der Waals surface area contributed by atoms with Crippen LogP contribution in [0.25, 0.3) is 10.9 Å². The van der Waals surface area contributed by atoms with Crippen molar-refractivity contribution in [2.75, 3.05) is 13.7 Å². The van der Waals surface area contributed by atoms with Gasteiger partial charge >= 0.3 is 0 Å². The summed E-state index contributed by atoms with van der Waals surface area (Å²) in [5.74, 6) is 0.581. The maximum atomic E-state index is 11.4. The Morgan fingerprint density at radius 1 is 1.48 bits per heavy atom. The molecular weight excluding hydrogens is 270 g/mol. The number of amides is 1. The summed E-state index contributed by atoms with van der Waals surface area (Å²) >= 11 is 0. The molecule has 1 aromatic heterocycles. The van der Waals surface area contributed by atoms with Gasteiger partial charge in [-0.1, -0.05) is 6.08 Å². The predicted octanol–water partition coefficient (Wildman–Crippen LogP) is 2.41. The van der Waals surface area contributed by atoms with Crippen LogP contribution in [0.1, 0.15) is 12.5 Å². The maximum absolute atomic E-state index is 11.4. The topological polar surface area (TPSA) is 72.7 Å². The molecule has 1 aromatic carbocycles. The number of nitrogens with zero attached hydrogens (tertiary/aromatic N) is 2. The van der Waals surface area contributed by atoms with Gasteiger partial charge in [0, 0.05) is 18.1 Å². The second-order valence-electron chi connectivity index (χ2n) is 4.50. The molecule has 0 aliphatic carbocycles. The molecule has 110 valence electrons. The Labute approximate surface area is 122 Å². The van der Waals surface area contributed by atoms with Crippen LogP contribution < -0.4 is 10.1 Å². The molecule has 1 heterocycles. The minimum absolute atomic E-state index is 0.132. The van der Waals surface area contributed by atoms with E-state index in [-0.39, 0.29) is 5.91 Å². The molecule has 0 atom stereocenters. The molecule has 2 rings (SSSR count). The first-order chi connectivity index (χ1) is 10.2. The first kappa shape index (κ1) is 14.8. The fraction of sp³-hybridized carbons (Fsp3) is 0.267. The summed E-state index contributed by atoms with van der Waals surface area (Å²) in [6.45, 7) is 2.27. The van der Waals surface area contributed by atoms with E-state index in [1.54, 1.807) is 38.4 Å². The first-order valence-electron chi connectivity index (χ1n) is 6.61. The highest BCUT2D eigenvalue weighted by molar-refractivity contribution is 5.88. The summed E-state index contributed by atoms with van der Waals surface area (Å²) < 4.78 is 6.49. The van der Waals surface area contributed by atoms with E-state index in [1.807, 2.05) is 6.07 Å². The third-order valence-electron chi connectivity index (χ3n) is 3.17. The lowest BCUT2D eigenvalue weighted by Crippen LogP contribution is -2.23. The number of nitroso groups, excluding NO2 is 1. The Bertz CT molecular complexity index is 689. The van der Waals surface area contributed by atoms with E-state index in [2.05, 4.69) is 10.6 Å². The molecule has 1 amide bonds. The third-order valence-corrected chi connectivity index (χ3v) is 3.17. The largest absolute Gasteiger partial charge is 0.497 e. The van der Waals surface area contributed by atoms with Crippen LogP contribution in [-0.4, -0.2) is 24.2 Å². The van der Waals surface area contributed by atoms with Crippen LogP contribution in [0.3, 0.4) is 0 Å². The molecule has 0 saturated carbocycles. The van der Waals surface area contributed by atoms with E-state index in [9.17, 15) is 9.70 Å². The predicted molar refractivity (Wildman–Crippen MR) is 81.2 cm³/mol. The van der Waals surface area contributed by atoms with Crippen molar-refractivity contribution in [1.82, 2.24) is 9.99 Å². The number of benzene rings is 1. The lowest BCUT2D eigenvalue weighted by atomic mass is 10.1. The van der Waals surface area contributed by atoms with Gasteiger partial charge in [0.05, 0.1) is 17.9 Å². The van der Waals surface area contributed by atoms with Crippen molar-refractivity contribution in [3.05, 3.63) is 47.0 Å². The fourth-order valence-electron chi connectivity index (χ4n) is 2.18. The zero-order chi connectivity index (χ0) is 15.2. The fourth-order valence-corrected chi connectivity index (χ4v) is 2.18. The van der Waals surface area contributed by atoms with E-state index in [0.29, 0.717) is 18.7 Å². The molecule has 6 heteroatoms. The van der Waals surface area contributed by atoms with Crippen LogP contribution in [0.5, 0.6) is 5.75 Å². The molecule has 0 radical (unpaired) electrons. The van der Waals surface area contributed by atoms with Crippen LogP contribution in [0.4, 0.5) is 0 Å². The van der Waals surface area contributed by atoms with Gasteiger partial charge in [0.25, 0.3) is 0 Å². The van der Waals surface area contributed by atoms with Gasteiger partial charge < -0.3 is 10.1 Å². The van der Waals surface area contributed by atoms with E-state index >= 15 is 0 Å². The summed E-state index contributed by atoms with van der Waals surface area (Å²) in [6, 6.07) is 5.43. The Kier molecular flexibility index (Phi) is 4.71. The Hall–Kier alpha value is -2.63. The normalized spacial score (nSPS) is 11.0. The van der Waals surface area contributed by atoms with Gasteiger partial charge in [-0.25, -0.2) is 4.68 Å². The molecule has 0 fully saturated rings. The molecule has 0 spiro atoms. The molecule has 2 aromatic rings. The monoisotopic (exact) mass is 287 g/mol. The summed E-state index contributed by atoms with van der Waals surface area (Å²) in [6.07, 6.45) is 5.44. The van der Waals surface area contributed by atoms with Crippen molar-refractivity contribution in [3.63, 3.8) is 0 Å². The molecule has 1 N–H and O–H groups in total. The minimum atomic E-state index is -0.132. The van der Waals surface area contributed by atoms with Crippen LogP contribution in [0.15, 0.2) is 41.8 Å². The van der Waals surface area contributed by atoms with Crippen LogP contribution in [-0.2, 0) is 11.2 Å². The molecule has 0 aliphatic rings. The van der Waals surface area contributed by atoms with Crippen molar-refractivity contribution in [2.24, 2.45) is 5.29 Å². The third kappa shape index (κ3) is 3.28. The number of carbonyl (C=O) groups is 1. The van der Waals surface area contributed by atoms with Crippen LogP contribution >= 0.6 is 0 Å². The Morgan fingerprint density at radius 3 is 2.95 bits per heavy atom. The second-order valence-corrected chi connectivity index (χ2v) is 4.50. The summed E-state index contributed by atoms with van der Waals surface area (Å²) in [5.41, 5.74) is 1.66. The lowest BCUT2D eigenvalue weighted by Gasteiger charge is -2.03. The number of aromatic nitrogens is 1. The van der Waals surface area contributed by atoms with Crippen molar-refractivity contribution < 1.29 is 9.53 Å². The highest BCUT2D eigenvalue weighted by Crippen LogP contribution is 2.26. The number of ether oxygens (including phenoxy) is 1. The molecular formula is C15H17N3O3. The number of nitrogens with one attached hydrogen (secondary N) is 1. The van der Waals surface area contributed by atoms with Crippen molar-refractivity contribution >= 4 is 16.8 Å². The number of fused-ring (bicyclic) bond motifs is 1. The summed E-state index contributed by atoms with van der Waals surface area (Å²) in [4.78, 5) is 22.2. The lowest BCUT2D eigenvalue weighted by molar-refractivity contribution is -0.116. The van der Waals surface area contributed by atoms with Crippen LogP contribution in [0, 0.1) is 4.91 Å². The molecule has 6 nitrogen and oxygen atoms in total. The van der Waals surface area contributed by atoms with Gasteiger partial charge in [-0.05, 0) is 43.2 Å². The first-order valence-corrected chi connectivity index (χ1v) is 6.61. The zero-order valence-corrected chi connectivity index (χ0v) is 12.0. The maximum Gasteiger partial charge on any atom is 0.243 e. The Morgan fingerprint density at radius 2 is 2.29 bits per heavy atom. The highest BCUT2D eigenvalue weighted by Gasteiger charge is 2.10. The number of methoxy groups -OCH3 is 1. The van der Waals surface area contributed by atoms with E-state index in [1.165, 1.54) is 10.8 Å². The second kappa shape index (κ2) is 6.69. The molecule has 0 unspecified atom stereocenters. The average molecular weight is 287 g/mol. The van der Waals surface area contributed by atoms with Gasteiger partial charge in [0.15, 0.2) is 0 Å². The molecule has 0 aliphatic heterocycles. The van der Waals surface area contributed by atoms with Gasteiger partial charge in [0.2, 0.25) is 5.91 Å². The van der Waals surface area contributed by atoms with E-state index in [0.717, 1.165) is 16.5 Å². The smallest absolute Gasteiger partial charge is 0.243 e. The Balaban J connectivity index is 2.22. The minimum Gasteiger partial charge on any atom is -0.497 e. The molecule has 21 heavy (non-hydrogen) atoms. The quantitative estimate of drug-likeness (QED) is 0.655. The van der Waals surface area contributed by atoms with E-state index < -0.39 is 0 Å². The summed E-state index contributed by atoms with van der Waals surface area (Å²) in [5, 5.41) is 6.65. The standard InChI is InChI=1S/C15H17N3O3/c1-3-4-15(19)16-8-7-11-10-18(17-20)14-6-5-12(21-2)9-13(11)14/h3-6,9-10H,7-8H2,1-2H3,(H,16,19)/b4-3+. The number of allylic oxidation sites excluding steroid dienone is 1. The SMILES string of the molecule is C/C=C/C(=O)NCCc1cn(N=O)c2ccc(OC)cc12. The highest BCUT2D eigenvalue weighted by atomic mass is 16.5. The zero-order valence-electron chi connectivity index (χ0n) is 12.0. The molecule has 0 bridgehead atoms. The summed E-state index contributed by atoms with van der Waals surface area (Å²) in [7, 11) is 1.59. The van der Waals surface area contributed by atoms with Crippen molar-refractivity contribution in [1.29, 1.82) is 0 Å². The number of rotatable bonds is 6. The van der Waals surface area contributed by atoms with Crippen LogP contribution in [0.2, 0.25) is 0 Å². The molecule has 0 saturated heterocycles. The van der Waals surface area contributed by atoms with Gasteiger partial charge in [-0.3, -0.25) is 4.79 Å². The number of carbonyl (C=O) groups excluding carboxylic acids is 1. The van der Waals surface area contributed by atoms with Gasteiger partial charge in [0.1, 0.15) is 5.75 Å².